The van der Waals surface area contributed by atoms with Gasteiger partial charge in [0.15, 0.2) is 0 Å². The number of rotatable bonds is 8. The minimum absolute atomic E-state index is 0.0748. The third kappa shape index (κ3) is 5.63. The second kappa shape index (κ2) is 9.30. The van der Waals surface area contributed by atoms with Crippen molar-refractivity contribution in [2.24, 2.45) is 11.3 Å². The molecule has 2 fully saturated rings. The maximum absolute atomic E-state index is 11.7. The van der Waals surface area contributed by atoms with Gasteiger partial charge in [0.05, 0.1) is 12.1 Å². The molecule has 1 amide bonds. The van der Waals surface area contributed by atoms with Gasteiger partial charge >= 0.3 is 0 Å². The molecule has 6 heteroatoms. The Balaban J connectivity index is 1.47. The van der Waals surface area contributed by atoms with E-state index in [4.69, 9.17) is 9.72 Å². The van der Waals surface area contributed by atoms with Gasteiger partial charge in [-0.15, -0.1) is 0 Å². The van der Waals surface area contributed by atoms with Crippen molar-refractivity contribution in [1.82, 2.24) is 15.6 Å². The van der Waals surface area contributed by atoms with Crippen molar-refractivity contribution in [1.29, 1.82) is 0 Å². The van der Waals surface area contributed by atoms with Gasteiger partial charge in [0, 0.05) is 37.7 Å². The van der Waals surface area contributed by atoms with Crippen molar-refractivity contribution in [2.45, 2.75) is 109 Å². The molecule has 0 saturated heterocycles. The Labute approximate surface area is 192 Å². The third-order valence-electron chi connectivity index (χ3n) is 7.44. The summed E-state index contributed by atoms with van der Waals surface area (Å²) in [5, 5.41) is 17.6. The molecule has 0 unspecified atom stereocenters. The Bertz CT molecular complexity index is 811. The molecule has 1 aromatic rings. The highest BCUT2D eigenvalue weighted by Crippen LogP contribution is 2.48. The number of ether oxygens (including phenoxy) is 1. The maximum atomic E-state index is 11.7. The Morgan fingerprint density at radius 2 is 2.06 bits per heavy atom. The summed E-state index contributed by atoms with van der Waals surface area (Å²) < 4.78 is 6.38. The van der Waals surface area contributed by atoms with Crippen LogP contribution in [0.5, 0.6) is 5.88 Å². The smallest absolute Gasteiger partial charge is 0.218 e. The normalized spacial score (nSPS) is 24.0. The summed E-state index contributed by atoms with van der Waals surface area (Å²) in [5.41, 5.74) is 2.40. The first kappa shape index (κ1) is 23.5. The lowest BCUT2D eigenvalue weighted by Gasteiger charge is -2.47. The Morgan fingerprint density at radius 1 is 1.31 bits per heavy atom. The molecular weight excluding hydrogens is 402 g/mol. The van der Waals surface area contributed by atoms with Gasteiger partial charge in [-0.1, -0.05) is 40.0 Å². The number of pyridine rings is 1. The lowest BCUT2D eigenvalue weighted by atomic mass is 9.73. The van der Waals surface area contributed by atoms with E-state index in [0.717, 1.165) is 43.5 Å². The number of hydrogen-bond donors (Lipinski definition) is 3. The topological polar surface area (TPSA) is 83.5 Å². The minimum Gasteiger partial charge on any atom is -0.471 e. The summed E-state index contributed by atoms with van der Waals surface area (Å²) in [5.74, 6) is 1.29. The number of aliphatic hydroxyl groups excluding tert-OH is 1. The second-order valence-corrected chi connectivity index (χ2v) is 11.7. The average Bonchev–Trinajstić information content (AvgIpc) is 2.64. The van der Waals surface area contributed by atoms with Gasteiger partial charge in [-0.25, -0.2) is 4.98 Å². The number of fused-ring (bicyclic) bond motifs is 1. The molecule has 0 bridgehead atoms. The Kier molecular flexibility index (Phi) is 6.83. The van der Waals surface area contributed by atoms with Crippen LogP contribution in [0.4, 0.5) is 0 Å². The van der Waals surface area contributed by atoms with E-state index in [-0.39, 0.29) is 29.0 Å². The van der Waals surface area contributed by atoms with Crippen LogP contribution in [0.2, 0.25) is 0 Å². The molecule has 4 rings (SSSR count). The molecule has 32 heavy (non-hydrogen) atoms. The van der Waals surface area contributed by atoms with E-state index in [1.54, 1.807) is 0 Å². The fourth-order valence-electron chi connectivity index (χ4n) is 5.41. The zero-order chi connectivity index (χ0) is 22.9. The molecule has 1 aliphatic heterocycles. The fourth-order valence-corrected chi connectivity index (χ4v) is 5.41. The summed E-state index contributed by atoms with van der Waals surface area (Å²) in [6.45, 7) is 8.70. The minimum atomic E-state index is -0.617. The standard InChI is InChI=1S/C26H41N3O3/c1-17(30)29-21(12-18-7-5-8-18)23(31)16-27-22-14-26(9-6-10-26)32-24-20(22)11-19(15-28-24)13-25(2,3)4/h11,15,18,21-23,27,31H,5-10,12-14,16H2,1-4H3,(H,29,30)/t21-,22-,23-/m0/s1. The predicted octanol–water partition coefficient (Wildman–Crippen LogP) is 4.06. The molecule has 0 radical (unpaired) electrons. The van der Waals surface area contributed by atoms with E-state index < -0.39 is 6.10 Å². The van der Waals surface area contributed by atoms with Crippen molar-refractivity contribution in [3.05, 3.63) is 23.4 Å². The van der Waals surface area contributed by atoms with E-state index in [2.05, 4.69) is 37.5 Å². The van der Waals surface area contributed by atoms with Gasteiger partial charge < -0.3 is 20.5 Å². The van der Waals surface area contributed by atoms with E-state index >= 15 is 0 Å². The number of aromatic nitrogens is 1. The van der Waals surface area contributed by atoms with Crippen LogP contribution in [0.1, 0.15) is 96.2 Å². The first-order valence-corrected chi connectivity index (χ1v) is 12.5. The van der Waals surface area contributed by atoms with Gasteiger partial charge in [-0.05, 0) is 55.1 Å². The monoisotopic (exact) mass is 443 g/mol. The van der Waals surface area contributed by atoms with Crippen LogP contribution in [0.15, 0.2) is 12.3 Å². The van der Waals surface area contributed by atoms with Crippen molar-refractivity contribution >= 4 is 5.91 Å². The quantitative estimate of drug-likeness (QED) is 0.564. The highest BCUT2D eigenvalue weighted by atomic mass is 16.5. The molecule has 3 atom stereocenters. The summed E-state index contributed by atoms with van der Waals surface area (Å²) in [6.07, 6.45) is 11.0. The number of nitrogens with zero attached hydrogens (tertiary/aromatic N) is 1. The summed E-state index contributed by atoms with van der Waals surface area (Å²) in [4.78, 5) is 16.4. The van der Waals surface area contributed by atoms with Crippen LogP contribution in [-0.4, -0.2) is 40.3 Å². The average molecular weight is 444 g/mol. The van der Waals surface area contributed by atoms with Crippen LogP contribution in [0.3, 0.4) is 0 Å². The maximum Gasteiger partial charge on any atom is 0.218 e. The molecule has 2 saturated carbocycles. The number of amides is 1. The third-order valence-corrected chi connectivity index (χ3v) is 7.44. The number of aliphatic hydroxyl groups is 1. The first-order chi connectivity index (χ1) is 15.1. The van der Waals surface area contributed by atoms with Gasteiger partial charge in [0.2, 0.25) is 11.8 Å². The van der Waals surface area contributed by atoms with E-state index in [1.165, 1.54) is 38.2 Å². The fraction of sp³-hybridized carbons (Fsp3) is 0.769. The number of carbonyl (C=O) groups is 1. The number of hydrogen-bond acceptors (Lipinski definition) is 5. The van der Waals surface area contributed by atoms with Gasteiger partial charge in [0.25, 0.3) is 0 Å². The van der Waals surface area contributed by atoms with Crippen LogP contribution in [0, 0.1) is 11.3 Å². The van der Waals surface area contributed by atoms with Crippen LogP contribution < -0.4 is 15.4 Å². The molecule has 6 nitrogen and oxygen atoms in total. The lowest BCUT2D eigenvalue weighted by Crippen LogP contribution is -2.52. The largest absolute Gasteiger partial charge is 0.471 e. The summed E-state index contributed by atoms with van der Waals surface area (Å²) >= 11 is 0. The number of carbonyl (C=O) groups excluding carboxylic acids is 1. The van der Waals surface area contributed by atoms with Crippen molar-refractivity contribution in [3.8, 4) is 5.88 Å². The number of nitrogens with one attached hydrogen (secondary N) is 2. The zero-order valence-corrected chi connectivity index (χ0v) is 20.2. The highest BCUT2D eigenvalue weighted by molar-refractivity contribution is 5.73. The molecule has 1 spiro atoms. The van der Waals surface area contributed by atoms with E-state index in [0.29, 0.717) is 12.5 Å². The SMILES string of the molecule is CC(=O)N[C@@H](CC1CCC1)[C@@H](O)CN[C@H]1CC2(CCC2)Oc2ncc(CC(C)(C)C)cc21. The molecule has 178 valence electrons. The van der Waals surface area contributed by atoms with E-state index in [9.17, 15) is 9.90 Å². The molecule has 1 aromatic heterocycles. The van der Waals surface area contributed by atoms with Gasteiger partial charge in [0.1, 0.15) is 5.60 Å². The second-order valence-electron chi connectivity index (χ2n) is 11.7. The Morgan fingerprint density at radius 3 is 2.62 bits per heavy atom. The van der Waals surface area contributed by atoms with Crippen molar-refractivity contribution in [2.75, 3.05) is 6.54 Å². The molecule has 3 aliphatic rings. The van der Waals surface area contributed by atoms with Crippen molar-refractivity contribution < 1.29 is 14.6 Å². The van der Waals surface area contributed by atoms with Crippen molar-refractivity contribution in [3.63, 3.8) is 0 Å². The van der Waals surface area contributed by atoms with Gasteiger partial charge in [-0.2, -0.15) is 0 Å². The molecular formula is C26H41N3O3. The summed E-state index contributed by atoms with van der Waals surface area (Å²) in [7, 11) is 0. The van der Waals surface area contributed by atoms with Crippen LogP contribution >= 0.6 is 0 Å². The highest BCUT2D eigenvalue weighted by Gasteiger charge is 2.46. The Hall–Kier alpha value is -1.66. The molecule has 2 aliphatic carbocycles. The predicted molar refractivity (Wildman–Crippen MR) is 126 cm³/mol. The molecule has 0 aromatic carbocycles. The van der Waals surface area contributed by atoms with Crippen LogP contribution in [0.25, 0.3) is 0 Å². The van der Waals surface area contributed by atoms with Gasteiger partial charge in [-0.3, -0.25) is 4.79 Å². The molecule has 2 heterocycles. The lowest BCUT2D eigenvalue weighted by molar-refractivity contribution is -0.120. The summed E-state index contributed by atoms with van der Waals surface area (Å²) in [6, 6.07) is 2.14. The first-order valence-electron chi connectivity index (χ1n) is 12.5. The molecule has 3 N–H and O–H groups in total. The zero-order valence-electron chi connectivity index (χ0n) is 20.2. The van der Waals surface area contributed by atoms with Crippen LogP contribution in [-0.2, 0) is 11.2 Å². The van der Waals surface area contributed by atoms with E-state index in [1.807, 2.05) is 6.20 Å².